The minimum absolute atomic E-state index is 0.181. The number of nitrogens with one attached hydrogen (secondary N) is 2. The van der Waals surface area contributed by atoms with E-state index in [2.05, 4.69) is 67.1 Å². The summed E-state index contributed by atoms with van der Waals surface area (Å²) < 4.78 is 2.33. The lowest BCUT2D eigenvalue weighted by Gasteiger charge is -2.42. The molecule has 8 nitrogen and oxygen atoms in total. The Morgan fingerprint density at radius 1 is 1.00 bits per heavy atom. The molecule has 0 spiro atoms. The highest BCUT2D eigenvalue weighted by molar-refractivity contribution is 7.97. The fourth-order valence-electron chi connectivity index (χ4n) is 5.08. The molecule has 1 saturated heterocycles. The highest BCUT2D eigenvalue weighted by Gasteiger charge is 2.43. The second-order valence-corrected chi connectivity index (χ2v) is 11.7. The fourth-order valence-corrected chi connectivity index (χ4v) is 6.17. The summed E-state index contributed by atoms with van der Waals surface area (Å²) in [6, 6.07) is 22.3. The van der Waals surface area contributed by atoms with Gasteiger partial charge in [-0.25, -0.2) is 9.29 Å². The Balaban J connectivity index is 1.23. The molecule has 0 aliphatic carbocycles. The van der Waals surface area contributed by atoms with Crippen molar-refractivity contribution in [2.24, 2.45) is 5.41 Å². The SMILES string of the molecule is Cc1ccc(Nc2ccnc(Nc3ccc(SN4CCCC(Cc5cccnc5)(C(=O)N(C)C)C4)cc3)n2)cc1. The van der Waals surface area contributed by atoms with E-state index < -0.39 is 5.41 Å². The zero-order valence-electron chi connectivity index (χ0n) is 23.2. The lowest BCUT2D eigenvalue weighted by molar-refractivity contribution is -0.141. The van der Waals surface area contributed by atoms with Crippen molar-refractivity contribution >= 4 is 41.0 Å². The van der Waals surface area contributed by atoms with Crippen molar-refractivity contribution in [2.45, 2.75) is 31.1 Å². The number of benzene rings is 2. The third-order valence-corrected chi connectivity index (χ3v) is 8.04. The third-order valence-electron chi connectivity index (χ3n) is 6.99. The van der Waals surface area contributed by atoms with Crippen molar-refractivity contribution in [3.05, 3.63) is 96.4 Å². The van der Waals surface area contributed by atoms with Crippen molar-refractivity contribution in [3.8, 4) is 0 Å². The number of amides is 1. The summed E-state index contributed by atoms with van der Waals surface area (Å²) in [5.74, 6) is 1.43. The van der Waals surface area contributed by atoms with Crippen LogP contribution in [0, 0.1) is 12.3 Å². The first kappa shape index (κ1) is 27.6. The van der Waals surface area contributed by atoms with Gasteiger partial charge in [-0.15, -0.1) is 0 Å². The van der Waals surface area contributed by atoms with Crippen molar-refractivity contribution in [1.29, 1.82) is 0 Å². The normalized spacial score (nSPS) is 17.3. The molecule has 1 amide bonds. The molecule has 2 aromatic carbocycles. The maximum atomic E-state index is 13.4. The molecule has 2 N–H and O–H groups in total. The maximum Gasteiger partial charge on any atom is 0.229 e. The number of anilines is 4. The molecule has 0 radical (unpaired) electrons. The van der Waals surface area contributed by atoms with Gasteiger partial charge in [-0.05, 0) is 92.2 Å². The number of carbonyl (C=O) groups is 1. The number of rotatable bonds is 9. The van der Waals surface area contributed by atoms with Crippen LogP contribution < -0.4 is 10.6 Å². The van der Waals surface area contributed by atoms with Gasteiger partial charge in [-0.3, -0.25) is 9.78 Å². The molecule has 0 saturated carbocycles. The molecule has 206 valence electrons. The van der Waals surface area contributed by atoms with Crippen LogP contribution in [0.15, 0.2) is 90.2 Å². The zero-order chi connectivity index (χ0) is 28.0. The smallest absolute Gasteiger partial charge is 0.229 e. The zero-order valence-corrected chi connectivity index (χ0v) is 24.0. The summed E-state index contributed by atoms with van der Waals surface area (Å²) in [5, 5.41) is 6.61. The van der Waals surface area contributed by atoms with Crippen LogP contribution >= 0.6 is 11.9 Å². The van der Waals surface area contributed by atoms with Gasteiger partial charge in [0.1, 0.15) is 5.82 Å². The molecule has 0 bridgehead atoms. The Morgan fingerprint density at radius 3 is 2.48 bits per heavy atom. The van der Waals surface area contributed by atoms with E-state index in [4.69, 9.17) is 0 Å². The molecule has 2 aromatic heterocycles. The lowest BCUT2D eigenvalue weighted by atomic mass is 9.75. The van der Waals surface area contributed by atoms with Gasteiger partial charge in [0.25, 0.3) is 0 Å². The van der Waals surface area contributed by atoms with E-state index in [9.17, 15) is 4.79 Å². The summed E-state index contributed by atoms with van der Waals surface area (Å²) in [4.78, 5) is 29.5. The molecule has 9 heteroatoms. The Hall–Kier alpha value is -3.95. The van der Waals surface area contributed by atoms with E-state index in [1.54, 1.807) is 29.2 Å². The van der Waals surface area contributed by atoms with E-state index in [0.717, 1.165) is 47.0 Å². The van der Waals surface area contributed by atoms with Crippen LogP contribution in [0.5, 0.6) is 0 Å². The highest BCUT2D eigenvalue weighted by atomic mass is 32.2. The van der Waals surface area contributed by atoms with E-state index in [1.807, 2.05) is 56.7 Å². The molecule has 1 aliphatic heterocycles. The average molecular weight is 554 g/mol. The summed E-state index contributed by atoms with van der Waals surface area (Å²) in [6.07, 6.45) is 7.92. The molecule has 1 fully saturated rings. The molecule has 1 atom stereocenters. The van der Waals surface area contributed by atoms with Crippen molar-refractivity contribution in [2.75, 3.05) is 37.8 Å². The maximum absolute atomic E-state index is 13.4. The number of carbonyl (C=O) groups excluding carboxylic acids is 1. The average Bonchev–Trinajstić information content (AvgIpc) is 2.96. The first-order valence-corrected chi connectivity index (χ1v) is 14.2. The standard InChI is InChI=1S/C31H35N7OS/c1-23-7-9-25(10-8-23)34-28-15-18-33-30(36-28)35-26-11-13-27(14-12-26)40-38-19-5-16-31(22-38,29(39)37(2)3)20-24-6-4-17-32-21-24/h4,6-15,17-18,21H,5,16,19-20,22H2,1-3H3,(H2,33,34,35,36). The Bertz CT molecular complexity index is 1410. The second kappa shape index (κ2) is 12.5. The van der Waals surface area contributed by atoms with Crippen LogP contribution in [0.1, 0.15) is 24.0 Å². The minimum atomic E-state index is -0.464. The minimum Gasteiger partial charge on any atom is -0.348 e. The number of hydrogen-bond donors (Lipinski definition) is 2. The molecule has 1 unspecified atom stereocenters. The number of aryl methyl sites for hydroxylation is 1. The third kappa shape index (κ3) is 6.97. The second-order valence-electron chi connectivity index (χ2n) is 10.5. The van der Waals surface area contributed by atoms with Crippen molar-refractivity contribution < 1.29 is 4.79 Å². The van der Waals surface area contributed by atoms with E-state index in [1.165, 1.54) is 5.56 Å². The monoisotopic (exact) mass is 553 g/mol. The van der Waals surface area contributed by atoms with Crippen LogP contribution in [0.25, 0.3) is 0 Å². The number of piperidine rings is 1. The Morgan fingerprint density at radius 2 is 1.75 bits per heavy atom. The van der Waals surface area contributed by atoms with Gasteiger partial charge in [0.05, 0.1) is 5.41 Å². The molecular formula is C31H35N7OS. The quantitative estimate of drug-likeness (QED) is 0.241. The number of hydrogen-bond acceptors (Lipinski definition) is 8. The summed E-state index contributed by atoms with van der Waals surface area (Å²) in [7, 11) is 3.70. The fraction of sp³-hybridized carbons (Fsp3) is 0.290. The highest BCUT2D eigenvalue weighted by Crippen LogP contribution is 2.39. The largest absolute Gasteiger partial charge is 0.348 e. The van der Waals surface area contributed by atoms with Gasteiger partial charge in [0.15, 0.2) is 0 Å². The van der Waals surface area contributed by atoms with Crippen molar-refractivity contribution in [1.82, 2.24) is 24.2 Å². The lowest BCUT2D eigenvalue weighted by Crippen LogP contribution is -2.51. The summed E-state index contributed by atoms with van der Waals surface area (Å²) in [5.41, 5.74) is 3.73. The number of nitrogens with zero attached hydrogens (tertiary/aromatic N) is 5. The predicted molar refractivity (Wildman–Crippen MR) is 162 cm³/mol. The van der Waals surface area contributed by atoms with Crippen LogP contribution in [0.4, 0.5) is 23.1 Å². The molecule has 3 heterocycles. The van der Waals surface area contributed by atoms with Gasteiger partial charge in [0, 0.05) is 62.0 Å². The molecular weight excluding hydrogens is 518 g/mol. The molecule has 4 aromatic rings. The van der Waals surface area contributed by atoms with Crippen molar-refractivity contribution in [3.63, 3.8) is 0 Å². The molecule has 40 heavy (non-hydrogen) atoms. The summed E-state index contributed by atoms with van der Waals surface area (Å²) >= 11 is 1.70. The number of aromatic nitrogens is 3. The van der Waals surface area contributed by atoms with Gasteiger partial charge in [0.2, 0.25) is 11.9 Å². The van der Waals surface area contributed by atoms with Crippen LogP contribution in [-0.4, -0.2) is 57.2 Å². The van der Waals surface area contributed by atoms with E-state index in [-0.39, 0.29) is 5.91 Å². The van der Waals surface area contributed by atoms with Gasteiger partial charge < -0.3 is 15.5 Å². The first-order chi connectivity index (χ1) is 19.4. The van der Waals surface area contributed by atoms with Crippen LogP contribution in [0.3, 0.4) is 0 Å². The van der Waals surface area contributed by atoms with Gasteiger partial charge in [-0.1, -0.05) is 23.8 Å². The van der Waals surface area contributed by atoms with Gasteiger partial charge in [-0.2, -0.15) is 4.98 Å². The molecule has 1 aliphatic rings. The van der Waals surface area contributed by atoms with Gasteiger partial charge >= 0.3 is 0 Å². The van der Waals surface area contributed by atoms with Crippen LogP contribution in [-0.2, 0) is 11.2 Å². The predicted octanol–water partition coefficient (Wildman–Crippen LogP) is 6.09. The van der Waals surface area contributed by atoms with E-state index in [0.29, 0.717) is 18.9 Å². The Labute approximate surface area is 240 Å². The molecule has 5 rings (SSSR count). The summed E-state index contributed by atoms with van der Waals surface area (Å²) in [6.45, 7) is 3.70. The number of pyridine rings is 1. The van der Waals surface area contributed by atoms with E-state index >= 15 is 0 Å². The Kier molecular flexibility index (Phi) is 8.62. The van der Waals surface area contributed by atoms with Crippen LogP contribution in [0.2, 0.25) is 0 Å². The first-order valence-electron chi connectivity index (χ1n) is 13.5. The topological polar surface area (TPSA) is 86.3 Å².